The standard InChI is InChI=1S/C12H16F3NO2S2/c1-19-8-7-10(12(13,14)15)9-20(17,18)16-11-5-3-2-4-6-11/h2-6,10,16H,7-9H2,1H3. The van der Waals surface area contributed by atoms with Crippen LogP contribution in [-0.2, 0) is 10.0 Å². The highest BCUT2D eigenvalue weighted by Gasteiger charge is 2.41. The summed E-state index contributed by atoms with van der Waals surface area (Å²) in [6.45, 7) is 0. The van der Waals surface area contributed by atoms with Crippen molar-refractivity contribution in [1.82, 2.24) is 0 Å². The SMILES string of the molecule is CSCCC(CS(=O)(=O)Nc1ccccc1)C(F)(F)F. The van der Waals surface area contributed by atoms with Crippen LogP contribution >= 0.6 is 11.8 Å². The quantitative estimate of drug-likeness (QED) is 0.835. The van der Waals surface area contributed by atoms with Gasteiger partial charge in [0, 0.05) is 5.69 Å². The summed E-state index contributed by atoms with van der Waals surface area (Å²) in [5, 5.41) is 0. The van der Waals surface area contributed by atoms with E-state index in [0.717, 1.165) is 0 Å². The molecule has 0 fully saturated rings. The highest BCUT2D eigenvalue weighted by atomic mass is 32.2. The molecular formula is C12H16F3NO2S2. The van der Waals surface area contributed by atoms with Crippen LogP contribution in [0.5, 0.6) is 0 Å². The summed E-state index contributed by atoms with van der Waals surface area (Å²) < 4.78 is 64.2. The van der Waals surface area contributed by atoms with Gasteiger partial charge in [-0.15, -0.1) is 0 Å². The van der Waals surface area contributed by atoms with Crippen LogP contribution in [0.25, 0.3) is 0 Å². The molecule has 0 aliphatic carbocycles. The van der Waals surface area contributed by atoms with Crippen LogP contribution in [-0.4, -0.2) is 32.4 Å². The average molecular weight is 327 g/mol. The molecule has 1 aromatic rings. The molecule has 1 atom stereocenters. The molecule has 0 aliphatic rings. The molecule has 114 valence electrons. The highest BCUT2D eigenvalue weighted by Crippen LogP contribution is 2.31. The molecule has 1 unspecified atom stereocenters. The maximum atomic E-state index is 12.8. The molecule has 3 nitrogen and oxygen atoms in total. The van der Waals surface area contributed by atoms with E-state index in [1.54, 1.807) is 24.5 Å². The lowest BCUT2D eigenvalue weighted by Crippen LogP contribution is -2.33. The van der Waals surface area contributed by atoms with Crippen LogP contribution < -0.4 is 4.72 Å². The van der Waals surface area contributed by atoms with Gasteiger partial charge in [-0.3, -0.25) is 4.72 Å². The van der Waals surface area contributed by atoms with Crippen molar-refractivity contribution in [1.29, 1.82) is 0 Å². The van der Waals surface area contributed by atoms with Crippen molar-refractivity contribution >= 4 is 27.5 Å². The van der Waals surface area contributed by atoms with Crippen LogP contribution in [0, 0.1) is 5.92 Å². The molecule has 20 heavy (non-hydrogen) atoms. The summed E-state index contributed by atoms with van der Waals surface area (Å²) in [6, 6.07) is 7.87. The number of thioether (sulfide) groups is 1. The van der Waals surface area contributed by atoms with Gasteiger partial charge in [0.05, 0.1) is 11.7 Å². The van der Waals surface area contributed by atoms with Gasteiger partial charge in [0.25, 0.3) is 0 Å². The summed E-state index contributed by atoms with van der Waals surface area (Å²) in [6.07, 6.45) is -3.04. The van der Waals surface area contributed by atoms with E-state index in [0.29, 0.717) is 0 Å². The Balaban J connectivity index is 2.76. The van der Waals surface area contributed by atoms with E-state index in [-0.39, 0.29) is 17.9 Å². The van der Waals surface area contributed by atoms with Crippen molar-refractivity contribution in [2.24, 2.45) is 5.92 Å². The summed E-state index contributed by atoms with van der Waals surface area (Å²) in [7, 11) is -4.03. The second-order valence-electron chi connectivity index (χ2n) is 4.27. The van der Waals surface area contributed by atoms with Gasteiger partial charge in [0.1, 0.15) is 0 Å². The minimum Gasteiger partial charge on any atom is -0.284 e. The third-order valence-electron chi connectivity index (χ3n) is 2.60. The van der Waals surface area contributed by atoms with Gasteiger partial charge in [0.2, 0.25) is 10.0 Å². The zero-order valence-corrected chi connectivity index (χ0v) is 12.5. The summed E-state index contributed by atoms with van der Waals surface area (Å²) in [4.78, 5) is 0. The van der Waals surface area contributed by atoms with Crippen molar-refractivity contribution in [3.05, 3.63) is 30.3 Å². The van der Waals surface area contributed by atoms with Crippen molar-refractivity contribution < 1.29 is 21.6 Å². The lowest BCUT2D eigenvalue weighted by Gasteiger charge is -2.20. The fourth-order valence-corrected chi connectivity index (χ4v) is 3.58. The Bertz CT molecular complexity index is 503. The van der Waals surface area contributed by atoms with E-state index in [1.165, 1.54) is 23.9 Å². The summed E-state index contributed by atoms with van der Waals surface area (Å²) in [5.74, 6) is -2.53. The number of para-hydroxylation sites is 1. The van der Waals surface area contributed by atoms with Gasteiger partial charge in [-0.2, -0.15) is 24.9 Å². The molecule has 0 amide bonds. The molecule has 0 saturated heterocycles. The second-order valence-corrected chi connectivity index (χ2v) is 7.02. The van der Waals surface area contributed by atoms with E-state index in [9.17, 15) is 21.6 Å². The molecule has 1 rings (SSSR count). The second kappa shape index (κ2) is 7.21. The fourth-order valence-electron chi connectivity index (χ4n) is 1.59. The monoisotopic (exact) mass is 327 g/mol. The Morgan fingerprint density at radius 3 is 2.35 bits per heavy atom. The fraction of sp³-hybridized carbons (Fsp3) is 0.500. The van der Waals surface area contributed by atoms with E-state index >= 15 is 0 Å². The molecule has 1 aromatic carbocycles. The van der Waals surface area contributed by atoms with Crippen molar-refractivity contribution in [2.75, 3.05) is 22.5 Å². The minimum atomic E-state index is -4.51. The molecule has 8 heteroatoms. The predicted molar refractivity (Wildman–Crippen MR) is 76.4 cm³/mol. The number of sulfonamides is 1. The lowest BCUT2D eigenvalue weighted by molar-refractivity contribution is -0.168. The molecule has 0 saturated carbocycles. The Morgan fingerprint density at radius 1 is 1.25 bits per heavy atom. The van der Waals surface area contributed by atoms with E-state index in [2.05, 4.69) is 4.72 Å². The molecule has 0 radical (unpaired) electrons. The molecule has 0 aliphatic heterocycles. The minimum absolute atomic E-state index is 0.208. The largest absolute Gasteiger partial charge is 0.392 e. The normalized spacial score (nSPS) is 14.0. The van der Waals surface area contributed by atoms with Crippen molar-refractivity contribution in [3.8, 4) is 0 Å². The number of anilines is 1. The average Bonchev–Trinajstić information content (AvgIpc) is 2.33. The third kappa shape index (κ3) is 6.04. The van der Waals surface area contributed by atoms with Crippen molar-refractivity contribution in [3.63, 3.8) is 0 Å². The Kier molecular flexibility index (Phi) is 6.19. The predicted octanol–water partition coefficient (Wildman–Crippen LogP) is 3.36. The zero-order chi connectivity index (χ0) is 15.2. The maximum Gasteiger partial charge on any atom is 0.392 e. The number of halogens is 3. The van der Waals surface area contributed by atoms with Crippen LogP contribution in [0.3, 0.4) is 0 Å². The van der Waals surface area contributed by atoms with Gasteiger partial charge in [-0.1, -0.05) is 18.2 Å². The third-order valence-corrected chi connectivity index (χ3v) is 4.63. The summed E-state index contributed by atoms with van der Waals surface area (Å²) >= 11 is 1.26. The van der Waals surface area contributed by atoms with Crippen LogP contribution in [0.1, 0.15) is 6.42 Å². The number of benzene rings is 1. The van der Waals surface area contributed by atoms with Gasteiger partial charge in [-0.05, 0) is 30.6 Å². The van der Waals surface area contributed by atoms with Crippen LogP contribution in [0.15, 0.2) is 30.3 Å². The maximum absolute atomic E-state index is 12.8. The van der Waals surface area contributed by atoms with E-state index in [1.807, 2.05) is 0 Å². The molecular weight excluding hydrogens is 311 g/mol. The molecule has 0 heterocycles. The Labute approximate surface area is 121 Å². The Hall–Kier alpha value is -0.890. The number of hydrogen-bond donors (Lipinski definition) is 1. The lowest BCUT2D eigenvalue weighted by atomic mass is 10.1. The van der Waals surface area contributed by atoms with Crippen LogP contribution in [0.2, 0.25) is 0 Å². The number of nitrogens with one attached hydrogen (secondary N) is 1. The Morgan fingerprint density at radius 2 is 1.85 bits per heavy atom. The molecule has 0 spiro atoms. The van der Waals surface area contributed by atoms with Gasteiger partial charge < -0.3 is 0 Å². The topological polar surface area (TPSA) is 46.2 Å². The van der Waals surface area contributed by atoms with Crippen molar-refractivity contribution in [2.45, 2.75) is 12.6 Å². The molecule has 0 aromatic heterocycles. The first-order valence-electron chi connectivity index (χ1n) is 5.86. The first-order valence-corrected chi connectivity index (χ1v) is 8.90. The van der Waals surface area contributed by atoms with E-state index < -0.39 is 27.9 Å². The first-order chi connectivity index (χ1) is 9.24. The summed E-state index contributed by atoms with van der Waals surface area (Å²) in [5.41, 5.74) is 0.262. The van der Waals surface area contributed by atoms with Crippen LogP contribution in [0.4, 0.5) is 18.9 Å². The zero-order valence-electron chi connectivity index (χ0n) is 10.9. The van der Waals surface area contributed by atoms with Gasteiger partial charge in [0.15, 0.2) is 0 Å². The molecule has 1 N–H and O–H groups in total. The van der Waals surface area contributed by atoms with Gasteiger partial charge in [-0.25, -0.2) is 8.42 Å². The number of alkyl halides is 3. The molecule has 0 bridgehead atoms. The number of hydrogen-bond acceptors (Lipinski definition) is 3. The van der Waals surface area contributed by atoms with Gasteiger partial charge >= 0.3 is 6.18 Å². The first kappa shape index (κ1) is 17.2. The highest BCUT2D eigenvalue weighted by molar-refractivity contribution is 7.98. The number of rotatable bonds is 7. The smallest absolute Gasteiger partial charge is 0.284 e. The van der Waals surface area contributed by atoms with E-state index in [4.69, 9.17) is 0 Å².